The van der Waals surface area contributed by atoms with E-state index in [2.05, 4.69) is 41.3 Å². The molecule has 1 atom stereocenters. The Balaban J connectivity index is 2.21. The van der Waals surface area contributed by atoms with Crippen molar-refractivity contribution in [3.8, 4) is 5.69 Å². The summed E-state index contributed by atoms with van der Waals surface area (Å²) in [5.74, 6) is 0.972. The number of imidazole rings is 1. The fourth-order valence-corrected chi connectivity index (χ4v) is 1.86. The van der Waals surface area contributed by atoms with Crippen molar-refractivity contribution in [2.45, 2.75) is 26.8 Å². The summed E-state index contributed by atoms with van der Waals surface area (Å²) < 4.78 is 2.02. The molecule has 1 unspecified atom stereocenters. The molecule has 0 aliphatic heterocycles. The van der Waals surface area contributed by atoms with E-state index in [-0.39, 0.29) is 6.04 Å². The molecule has 17 heavy (non-hydrogen) atoms. The van der Waals surface area contributed by atoms with Crippen molar-refractivity contribution in [3.63, 3.8) is 0 Å². The van der Waals surface area contributed by atoms with E-state index in [4.69, 9.17) is 0 Å². The van der Waals surface area contributed by atoms with Gasteiger partial charge in [0.1, 0.15) is 5.82 Å². The summed E-state index contributed by atoms with van der Waals surface area (Å²) in [7, 11) is 0. The molecule has 90 valence electrons. The molecule has 0 spiro atoms. The summed E-state index contributed by atoms with van der Waals surface area (Å²) in [6.07, 6.45) is 5.63. The lowest BCUT2D eigenvalue weighted by Crippen LogP contribution is -2.18. The molecule has 0 saturated carbocycles. The van der Waals surface area contributed by atoms with Gasteiger partial charge in [-0.1, -0.05) is 6.92 Å². The molecule has 0 saturated heterocycles. The maximum atomic E-state index is 4.48. The van der Waals surface area contributed by atoms with Crippen molar-refractivity contribution in [1.82, 2.24) is 19.9 Å². The lowest BCUT2D eigenvalue weighted by Gasteiger charge is -2.12. The van der Waals surface area contributed by atoms with Gasteiger partial charge in [0, 0.05) is 18.4 Å². The zero-order valence-electron chi connectivity index (χ0n) is 10.5. The Kier molecular flexibility index (Phi) is 3.54. The van der Waals surface area contributed by atoms with Gasteiger partial charge < -0.3 is 9.88 Å². The molecule has 0 radical (unpaired) electrons. The molecule has 2 aromatic heterocycles. The van der Waals surface area contributed by atoms with Crippen LogP contribution < -0.4 is 5.32 Å². The summed E-state index contributed by atoms with van der Waals surface area (Å²) in [4.78, 5) is 8.69. The van der Waals surface area contributed by atoms with Crippen LogP contribution >= 0.6 is 0 Å². The van der Waals surface area contributed by atoms with Crippen LogP contribution in [0.4, 0.5) is 0 Å². The Morgan fingerprint density at radius 2 is 2.18 bits per heavy atom. The molecule has 0 aromatic carbocycles. The smallest absolute Gasteiger partial charge is 0.110 e. The maximum Gasteiger partial charge on any atom is 0.110 e. The summed E-state index contributed by atoms with van der Waals surface area (Å²) >= 11 is 0. The summed E-state index contributed by atoms with van der Waals surface area (Å²) in [6.45, 7) is 7.15. The van der Waals surface area contributed by atoms with Crippen LogP contribution in [0.3, 0.4) is 0 Å². The molecule has 0 aliphatic rings. The van der Waals surface area contributed by atoms with Crippen LogP contribution in [0.5, 0.6) is 0 Å². The largest absolute Gasteiger partial charge is 0.309 e. The number of hydrogen-bond acceptors (Lipinski definition) is 3. The monoisotopic (exact) mass is 230 g/mol. The van der Waals surface area contributed by atoms with Crippen molar-refractivity contribution in [2.24, 2.45) is 0 Å². The zero-order chi connectivity index (χ0) is 12.3. The van der Waals surface area contributed by atoms with Crippen molar-refractivity contribution in [2.75, 3.05) is 6.54 Å². The third kappa shape index (κ3) is 2.53. The first-order valence-electron chi connectivity index (χ1n) is 5.92. The average Bonchev–Trinajstić information content (AvgIpc) is 2.76. The van der Waals surface area contributed by atoms with Gasteiger partial charge in [-0.2, -0.15) is 0 Å². The quantitative estimate of drug-likeness (QED) is 0.876. The van der Waals surface area contributed by atoms with E-state index in [0.29, 0.717) is 0 Å². The zero-order valence-corrected chi connectivity index (χ0v) is 10.5. The highest BCUT2D eigenvalue weighted by Gasteiger charge is 2.06. The molecule has 0 fully saturated rings. The normalized spacial score (nSPS) is 12.6. The average molecular weight is 230 g/mol. The van der Waals surface area contributed by atoms with E-state index in [9.17, 15) is 0 Å². The van der Waals surface area contributed by atoms with Crippen LogP contribution in [-0.2, 0) is 0 Å². The fraction of sp³-hybridized carbons (Fsp3) is 0.385. The number of rotatable bonds is 4. The number of nitrogens with zero attached hydrogens (tertiary/aromatic N) is 3. The van der Waals surface area contributed by atoms with Crippen molar-refractivity contribution < 1.29 is 0 Å². The number of aromatic nitrogens is 3. The highest BCUT2D eigenvalue weighted by molar-refractivity contribution is 5.31. The van der Waals surface area contributed by atoms with Gasteiger partial charge >= 0.3 is 0 Å². The summed E-state index contributed by atoms with van der Waals surface area (Å²) in [5.41, 5.74) is 2.11. The van der Waals surface area contributed by atoms with E-state index in [1.807, 2.05) is 23.9 Å². The van der Waals surface area contributed by atoms with Gasteiger partial charge in [-0.05, 0) is 32.5 Å². The van der Waals surface area contributed by atoms with E-state index < -0.39 is 0 Å². The molecule has 4 heteroatoms. The van der Waals surface area contributed by atoms with Crippen LogP contribution in [0, 0.1) is 6.92 Å². The number of hydrogen-bond donors (Lipinski definition) is 1. The Hall–Kier alpha value is -1.68. The van der Waals surface area contributed by atoms with Crippen molar-refractivity contribution in [1.29, 1.82) is 0 Å². The van der Waals surface area contributed by atoms with E-state index >= 15 is 0 Å². The second kappa shape index (κ2) is 5.10. The molecule has 2 heterocycles. The fourth-order valence-electron chi connectivity index (χ4n) is 1.86. The topological polar surface area (TPSA) is 42.7 Å². The van der Waals surface area contributed by atoms with Gasteiger partial charge in [-0.25, -0.2) is 4.98 Å². The molecule has 0 bridgehead atoms. The predicted octanol–water partition coefficient (Wildman–Crippen LogP) is 2.25. The predicted molar refractivity (Wildman–Crippen MR) is 68.2 cm³/mol. The van der Waals surface area contributed by atoms with E-state index in [1.165, 1.54) is 0 Å². The summed E-state index contributed by atoms with van der Waals surface area (Å²) in [5, 5.41) is 3.35. The number of pyridine rings is 1. The second-order valence-electron chi connectivity index (χ2n) is 4.07. The van der Waals surface area contributed by atoms with Crippen molar-refractivity contribution >= 4 is 0 Å². The number of aryl methyl sites for hydroxylation is 1. The minimum Gasteiger partial charge on any atom is -0.309 e. The van der Waals surface area contributed by atoms with E-state index in [0.717, 1.165) is 23.8 Å². The highest BCUT2D eigenvalue weighted by atomic mass is 15.1. The first-order valence-corrected chi connectivity index (χ1v) is 5.92. The van der Waals surface area contributed by atoms with Crippen LogP contribution in [0.2, 0.25) is 0 Å². The lowest BCUT2D eigenvalue weighted by atomic mass is 10.2. The summed E-state index contributed by atoms with van der Waals surface area (Å²) in [6, 6.07) is 4.42. The van der Waals surface area contributed by atoms with Crippen LogP contribution in [0.15, 0.2) is 30.7 Å². The van der Waals surface area contributed by atoms with Gasteiger partial charge in [0.05, 0.1) is 17.6 Å². The molecule has 4 nitrogen and oxygen atoms in total. The molecular formula is C13H18N4. The second-order valence-corrected chi connectivity index (χ2v) is 4.07. The molecule has 2 aromatic rings. The molecular weight excluding hydrogens is 212 g/mol. The Morgan fingerprint density at radius 3 is 2.71 bits per heavy atom. The first kappa shape index (κ1) is 11.8. The third-order valence-electron chi connectivity index (χ3n) is 2.83. The molecule has 2 rings (SSSR count). The first-order chi connectivity index (χ1) is 8.22. The minimum atomic E-state index is 0.290. The van der Waals surface area contributed by atoms with E-state index in [1.54, 1.807) is 6.20 Å². The van der Waals surface area contributed by atoms with Crippen molar-refractivity contribution in [3.05, 3.63) is 42.2 Å². The van der Waals surface area contributed by atoms with Crippen LogP contribution in [-0.4, -0.2) is 21.1 Å². The third-order valence-corrected chi connectivity index (χ3v) is 2.83. The van der Waals surface area contributed by atoms with Crippen LogP contribution in [0.1, 0.15) is 31.4 Å². The van der Waals surface area contributed by atoms with Gasteiger partial charge in [-0.3, -0.25) is 4.98 Å². The standard InChI is InChI=1S/C13H18N4/c1-4-14-10(2)13-6-5-12(9-16-13)17-8-7-15-11(17)3/h5-10,14H,4H2,1-3H3. The SMILES string of the molecule is CCNC(C)c1ccc(-n2ccnc2C)cn1. The Bertz CT molecular complexity index is 472. The lowest BCUT2D eigenvalue weighted by molar-refractivity contribution is 0.583. The van der Waals surface area contributed by atoms with Gasteiger partial charge in [0.15, 0.2) is 0 Å². The van der Waals surface area contributed by atoms with Gasteiger partial charge in [-0.15, -0.1) is 0 Å². The highest BCUT2D eigenvalue weighted by Crippen LogP contribution is 2.13. The van der Waals surface area contributed by atoms with Crippen LogP contribution in [0.25, 0.3) is 5.69 Å². The minimum absolute atomic E-state index is 0.290. The molecule has 0 aliphatic carbocycles. The Labute approximate surface area is 102 Å². The molecule has 1 N–H and O–H groups in total. The Morgan fingerprint density at radius 1 is 1.35 bits per heavy atom. The van der Waals surface area contributed by atoms with Gasteiger partial charge in [0.2, 0.25) is 0 Å². The number of nitrogens with one attached hydrogen (secondary N) is 1. The maximum absolute atomic E-state index is 4.48. The van der Waals surface area contributed by atoms with Gasteiger partial charge in [0.25, 0.3) is 0 Å². The molecule has 0 amide bonds.